The zero-order valence-corrected chi connectivity index (χ0v) is 7.77. The zero-order chi connectivity index (χ0) is 9.07. The lowest BCUT2D eigenvalue weighted by atomic mass is 10.1. The molecule has 66 valence electrons. The van der Waals surface area contributed by atoms with Gasteiger partial charge in [0, 0.05) is 6.04 Å². The topological polar surface area (TPSA) is 55.1 Å². The third-order valence-electron chi connectivity index (χ3n) is 1.58. The molecule has 0 saturated carbocycles. The third kappa shape index (κ3) is 3.98. The highest BCUT2D eigenvalue weighted by atomic mass is 16.2. The predicted molar refractivity (Wildman–Crippen MR) is 46.2 cm³/mol. The van der Waals surface area contributed by atoms with E-state index in [0.29, 0.717) is 0 Å². The lowest BCUT2D eigenvalue weighted by Crippen LogP contribution is -2.51. The molecule has 0 aliphatic heterocycles. The smallest absolute Gasteiger partial charge is 0.239 e. The van der Waals surface area contributed by atoms with Gasteiger partial charge < -0.3 is 11.1 Å². The number of hydrogen-bond donors (Lipinski definition) is 2. The molecule has 0 spiro atoms. The first-order valence-electron chi connectivity index (χ1n) is 3.97. The van der Waals surface area contributed by atoms with Gasteiger partial charge in [-0.15, -0.1) is 0 Å². The Morgan fingerprint density at radius 1 is 1.64 bits per heavy atom. The minimum atomic E-state index is -0.760. The second-order valence-corrected chi connectivity index (χ2v) is 3.50. The molecular formula is C8H18N2O. The minimum Gasteiger partial charge on any atom is -0.352 e. The van der Waals surface area contributed by atoms with Crippen molar-refractivity contribution in [1.82, 2.24) is 5.32 Å². The molecule has 0 bridgehead atoms. The van der Waals surface area contributed by atoms with Gasteiger partial charge >= 0.3 is 0 Å². The van der Waals surface area contributed by atoms with Crippen LogP contribution in [0.1, 0.15) is 34.1 Å². The number of nitrogens with one attached hydrogen (secondary N) is 1. The molecule has 0 aromatic carbocycles. The van der Waals surface area contributed by atoms with E-state index in [0.717, 1.165) is 6.42 Å². The molecule has 0 saturated heterocycles. The van der Waals surface area contributed by atoms with Gasteiger partial charge in [0.1, 0.15) is 0 Å². The highest BCUT2D eigenvalue weighted by molar-refractivity contribution is 5.85. The number of rotatable bonds is 3. The lowest BCUT2D eigenvalue weighted by Gasteiger charge is -2.20. The van der Waals surface area contributed by atoms with Crippen LogP contribution in [0, 0.1) is 0 Å². The van der Waals surface area contributed by atoms with Gasteiger partial charge in [-0.2, -0.15) is 0 Å². The summed E-state index contributed by atoms with van der Waals surface area (Å²) in [4.78, 5) is 11.2. The fourth-order valence-corrected chi connectivity index (χ4v) is 0.512. The average molecular weight is 158 g/mol. The summed E-state index contributed by atoms with van der Waals surface area (Å²) >= 11 is 0. The molecule has 0 aromatic rings. The maximum absolute atomic E-state index is 11.2. The third-order valence-corrected chi connectivity index (χ3v) is 1.58. The van der Waals surface area contributed by atoms with E-state index >= 15 is 0 Å². The Labute approximate surface area is 68.3 Å². The Hall–Kier alpha value is -0.570. The first-order valence-corrected chi connectivity index (χ1v) is 3.97. The summed E-state index contributed by atoms with van der Waals surface area (Å²) in [7, 11) is 0. The summed E-state index contributed by atoms with van der Waals surface area (Å²) in [6.07, 6.45) is 0.932. The summed E-state index contributed by atoms with van der Waals surface area (Å²) in [5.41, 5.74) is 4.81. The molecule has 1 amide bonds. The van der Waals surface area contributed by atoms with Crippen molar-refractivity contribution in [2.24, 2.45) is 5.73 Å². The maximum atomic E-state index is 11.2. The van der Waals surface area contributed by atoms with E-state index in [1.807, 2.05) is 13.8 Å². The normalized spacial score (nSPS) is 14.3. The van der Waals surface area contributed by atoms with Crippen molar-refractivity contribution in [3.63, 3.8) is 0 Å². The van der Waals surface area contributed by atoms with Crippen molar-refractivity contribution in [1.29, 1.82) is 0 Å². The Morgan fingerprint density at radius 2 is 2.09 bits per heavy atom. The quantitative estimate of drug-likeness (QED) is 0.633. The van der Waals surface area contributed by atoms with E-state index < -0.39 is 5.54 Å². The van der Waals surface area contributed by atoms with Crippen LogP contribution < -0.4 is 11.1 Å². The van der Waals surface area contributed by atoms with Crippen LogP contribution in [-0.4, -0.2) is 17.5 Å². The standard InChI is InChI=1S/C8H18N2O/c1-5-6(2)10-7(11)8(3,4)9/h6H,5,9H2,1-4H3,(H,10,11). The average Bonchev–Trinajstić information content (AvgIpc) is 1.85. The molecule has 1 atom stereocenters. The largest absolute Gasteiger partial charge is 0.352 e. The molecule has 0 aliphatic carbocycles. The van der Waals surface area contributed by atoms with E-state index in [9.17, 15) is 4.79 Å². The van der Waals surface area contributed by atoms with E-state index in [-0.39, 0.29) is 11.9 Å². The summed E-state index contributed by atoms with van der Waals surface area (Å²) in [5.74, 6) is -0.0909. The first-order chi connectivity index (χ1) is 4.88. The molecule has 3 heteroatoms. The molecule has 0 heterocycles. The molecule has 1 unspecified atom stereocenters. The Balaban J connectivity index is 3.88. The van der Waals surface area contributed by atoms with Gasteiger partial charge in [0.2, 0.25) is 5.91 Å². The van der Waals surface area contributed by atoms with Gasteiger partial charge in [0.15, 0.2) is 0 Å². The summed E-state index contributed by atoms with van der Waals surface area (Å²) in [5, 5.41) is 2.81. The summed E-state index contributed by atoms with van der Waals surface area (Å²) < 4.78 is 0. The summed E-state index contributed by atoms with van der Waals surface area (Å²) in [6, 6.07) is 0.213. The molecule has 0 radical (unpaired) electrons. The van der Waals surface area contributed by atoms with Crippen molar-refractivity contribution in [3.05, 3.63) is 0 Å². The van der Waals surface area contributed by atoms with Crippen LogP contribution in [0.5, 0.6) is 0 Å². The number of carbonyl (C=O) groups excluding carboxylic acids is 1. The molecule has 0 aliphatic rings. The van der Waals surface area contributed by atoms with Gasteiger partial charge in [-0.3, -0.25) is 4.79 Å². The van der Waals surface area contributed by atoms with Crippen molar-refractivity contribution < 1.29 is 4.79 Å². The molecule has 0 fully saturated rings. The molecule has 3 nitrogen and oxygen atoms in total. The SMILES string of the molecule is CCC(C)NC(=O)C(C)(C)N. The Bertz CT molecular complexity index is 138. The van der Waals surface area contributed by atoms with Crippen LogP contribution in [0.15, 0.2) is 0 Å². The van der Waals surface area contributed by atoms with Crippen LogP contribution in [0.2, 0.25) is 0 Å². The van der Waals surface area contributed by atoms with Crippen molar-refractivity contribution >= 4 is 5.91 Å². The molecular weight excluding hydrogens is 140 g/mol. The van der Waals surface area contributed by atoms with Crippen molar-refractivity contribution in [3.8, 4) is 0 Å². The van der Waals surface area contributed by atoms with E-state index in [2.05, 4.69) is 5.32 Å². The van der Waals surface area contributed by atoms with E-state index in [1.165, 1.54) is 0 Å². The minimum absolute atomic E-state index is 0.0909. The highest BCUT2D eigenvalue weighted by Gasteiger charge is 2.22. The van der Waals surface area contributed by atoms with Crippen LogP contribution >= 0.6 is 0 Å². The predicted octanol–water partition coefficient (Wildman–Crippen LogP) is 0.638. The van der Waals surface area contributed by atoms with Crippen LogP contribution in [-0.2, 0) is 4.79 Å². The second-order valence-electron chi connectivity index (χ2n) is 3.50. The van der Waals surface area contributed by atoms with Crippen molar-refractivity contribution in [2.75, 3.05) is 0 Å². The van der Waals surface area contributed by atoms with Gasteiger partial charge in [-0.1, -0.05) is 6.92 Å². The van der Waals surface area contributed by atoms with E-state index in [1.54, 1.807) is 13.8 Å². The monoisotopic (exact) mass is 158 g/mol. The zero-order valence-electron chi connectivity index (χ0n) is 7.77. The molecule has 11 heavy (non-hydrogen) atoms. The van der Waals surface area contributed by atoms with Crippen LogP contribution in [0.25, 0.3) is 0 Å². The Morgan fingerprint density at radius 3 is 2.36 bits per heavy atom. The van der Waals surface area contributed by atoms with Gasteiger partial charge in [-0.05, 0) is 27.2 Å². The number of amides is 1. The summed E-state index contributed by atoms with van der Waals surface area (Å²) in [6.45, 7) is 7.38. The highest BCUT2D eigenvalue weighted by Crippen LogP contribution is 1.98. The second kappa shape index (κ2) is 3.72. The Kier molecular flexibility index (Phi) is 3.52. The van der Waals surface area contributed by atoms with Gasteiger partial charge in [0.25, 0.3) is 0 Å². The van der Waals surface area contributed by atoms with Crippen LogP contribution in [0.4, 0.5) is 0 Å². The van der Waals surface area contributed by atoms with E-state index in [4.69, 9.17) is 5.73 Å². The van der Waals surface area contributed by atoms with Crippen LogP contribution in [0.3, 0.4) is 0 Å². The number of carbonyl (C=O) groups is 1. The fraction of sp³-hybridized carbons (Fsp3) is 0.875. The molecule has 0 aromatic heterocycles. The fourth-order valence-electron chi connectivity index (χ4n) is 0.512. The number of nitrogens with two attached hydrogens (primary N) is 1. The molecule has 3 N–H and O–H groups in total. The first kappa shape index (κ1) is 10.4. The number of hydrogen-bond acceptors (Lipinski definition) is 2. The van der Waals surface area contributed by atoms with Gasteiger partial charge in [0.05, 0.1) is 5.54 Å². The molecule has 0 rings (SSSR count). The van der Waals surface area contributed by atoms with Gasteiger partial charge in [-0.25, -0.2) is 0 Å². The maximum Gasteiger partial charge on any atom is 0.239 e. The lowest BCUT2D eigenvalue weighted by molar-refractivity contribution is -0.125. The van der Waals surface area contributed by atoms with Crippen molar-refractivity contribution in [2.45, 2.75) is 45.7 Å².